The van der Waals surface area contributed by atoms with Crippen LogP contribution < -0.4 is 5.73 Å². The van der Waals surface area contributed by atoms with E-state index in [9.17, 15) is 19.2 Å². The normalized spacial score (nSPS) is 9.22. The molecule has 9 nitrogen and oxygen atoms in total. The Hall–Kier alpha value is -2.16. The monoisotopic (exact) mass is 267 g/mol. The number of primary amides is 1. The number of amides is 1. The Kier molecular flexibility index (Phi) is 10.5. The standard InChI is InChI=1S/C6H8O7.C2H5NO.CH4/c7-3(8)1-6(13,5(11)12)2-4(9)10;1-2(3)4;/h13H,1-2H2,(H,7,8)(H,9,10)(H,11,12);1H3,(H2,3,4);1H4. The Morgan fingerprint density at radius 2 is 1.22 bits per heavy atom. The molecule has 0 heterocycles. The van der Waals surface area contributed by atoms with E-state index in [1.807, 2.05) is 0 Å². The third kappa shape index (κ3) is 11.9. The second kappa shape index (κ2) is 8.93. The van der Waals surface area contributed by atoms with Gasteiger partial charge in [-0.3, -0.25) is 14.4 Å². The van der Waals surface area contributed by atoms with Gasteiger partial charge in [-0.15, -0.1) is 0 Å². The van der Waals surface area contributed by atoms with Crippen molar-refractivity contribution in [3.05, 3.63) is 0 Å². The molecule has 0 spiro atoms. The fourth-order valence-corrected chi connectivity index (χ4v) is 0.714. The summed E-state index contributed by atoms with van der Waals surface area (Å²) in [6.45, 7) is 1.31. The van der Waals surface area contributed by atoms with Crippen molar-refractivity contribution in [2.24, 2.45) is 5.73 Å². The maximum absolute atomic E-state index is 10.3. The van der Waals surface area contributed by atoms with Crippen molar-refractivity contribution in [1.29, 1.82) is 0 Å². The van der Waals surface area contributed by atoms with Gasteiger partial charge in [0.05, 0.1) is 12.8 Å². The number of carbonyl (C=O) groups excluding carboxylic acids is 1. The van der Waals surface area contributed by atoms with Crippen LogP contribution in [0.4, 0.5) is 0 Å². The van der Waals surface area contributed by atoms with Crippen molar-refractivity contribution >= 4 is 23.8 Å². The number of nitrogens with two attached hydrogens (primary N) is 1. The highest BCUT2D eigenvalue weighted by molar-refractivity contribution is 5.88. The number of hydrogen-bond donors (Lipinski definition) is 5. The van der Waals surface area contributed by atoms with Gasteiger partial charge in [0.1, 0.15) is 0 Å². The number of carboxylic acid groups (broad SMARTS) is 3. The Labute approximate surface area is 103 Å². The molecule has 0 bridgehead atoms. The SMILES string of the molecule is C.CC(N)=O.O=C(O)CC(O)(CC(=O)O)C(=O)O. The molecule has 18 heavy (non-hydrogen) atoms. The molecule has 0 radical (unpaired) electrons. The third-order valence-electron chi connectivity index (χ3n) is 1.29. The number of hydrogen-bond acceptors (Lipinski definition) is 5. The predicted octanol–water partition coefficient (Wildman–Crippen LogP) is -1.12. The molecule has 0 saturated carbocycles. The van der Waals surface area contributed by atoms with E-state index in [-0.39, 0.29) is 13.3 Å². The summed E-state index contributed by atoms with van der Waals surface area (Å²) in [5.41, 5.74) is 1.73. The fourth-order valence-electron chi connectivity index (χ4n) is 0.714. The quantitative estimate of drug-likeness (QED) is 0.416. The first-order valence-electron chi connectivity index (χ1n) is 4.16. The van der Waals surface area contributed by atoms with Crippen molar-refractivity contribution in [3.8, 4) is 0 Å². The van der Waals surface area contributed by atoms with Crippen LogP contribution in [-0.2, 0) is 19.2 Å². The van der Waals surface area contributed by atoms with Crippen LogP contribution in [0.15, 0.2) is 0 Å². The summed E-state index contributed by atoms with van der Waals surface area (Å²) in [6, 6.07) is 0. The van der Waals surface area contributed by atoms with Crippen LogP contribution in [0.5, 0.6) is 0 Å². The van der Waals surface area contributed by atoms with Gasteiger partial charge in [-0.25, -0.2) is 4.79 Å². The molecular formula is C9H17NO8. The van der Waals surface area contributed by atoms with Gasteiger partial charge in [-0.05, 0) is 0 Å². The Morgan fingerprint density at radius 1 is 1.00 bits per heavy atom. The molecule has 0 aromatic carbocycles. The van der Waals surface area contributed by atoms with E-state index >= 15 is 0 Å². The zero-order valence-corrected chi connectivity index (χ0v) is 8.91. The molecule has 0 saturated heterocycles. The molecule has 0 rings (SSSR count). The largest absolute Gasteiger partial charge is 0.481 e. The van der Waals surface area contributed by atoms with Crippen molar-refractivity contribution in [3.63, 3.8) is 0 Å². The van der Waals surface area contributed by atoms with Gasteiger partial charge in [0, 0.05) is 6.92 Å². The lowest BCUT2D eigenvalue weighted by atomic mass is 9.96. The van der Waals surface area contributed by atoms with Crippen molar-refractivity contribution in [2.45, 2.75) is 32.8 Å². The highest BCUT2D eigenvalue weighted by Crippen LogP contribution is 2.15. The first-order valence-corrected chi connectivity index (χ1v) is 4.16. The highest BCUT2D eigenvalue weighted by Gasteiger charge is 2.40. The van der Waals surface area contributed by atoms with Crippen LogP contribution in [0.1, 0.15) is 27.2 Å². The van der Waals surface area contributed by atoms with Gasteiger partial charge in [-0.2, -0.15) is 0 Å². The Morgan fingerprint density at radius 3 is 1.33 bits per heavy atom. The maximum Gasteiger partial charge on any atom is 0.336 e. The van der Waals surface area contributed by atoms with E-state index in [2.05, 4.69) is 5.73 Å². The molecule has 0 aliphatic heterocycles. The van der Waals surface area contributed by atoms with Gasteiger partial charge < -0.3 is 26.2 Å². The first kappa shape index (κ1) is 21.2. The van der Waals surface area contributed by atoms with Crippen LogP contribution >= 0.6 is 0 Å². The zero-order chi connectivity index (χ0) is 14.2. The fraction of sp³-hybridized carbons (Fsp3) is 0.556. The molecule has 0 aromatic rings. The van der Waals surface area contributed by atoms with Crippen LogP contribution in [0, 0.1) is 0 Å². The summed E-state index contributed by atoms with van der Waals surface area (Å²) in [4.78, 5) is 39.7. The minimum Gasteiger partial charge on any atom is -0.481 e. The molecule has 0 aliphatic carbocycles. The smallest absolute Gasteiger partial charge is 0.336 e. The molecule has 0 aromatic heterocycles. The predicted molar refractivity (Wildman–Crippen MR) is 58.7 cm³/mol. The molecule has 0 unspecified atom stereocenters. The van der Waals surface area contributed by atoms with E-state index in [0.29, 0.717) is 0 Å². The molecule has 0 atom stereocenters. The lowest BCUT2D eigenvalue weighted by molar-refractivity contribution is -0.170. The topological polar surface area (TPSA) is 175 Å². The summed E-state index contributed by atoms with van der Waals surface area (Å²) >= 11 is 0. The summed E-state index contributed by atoms with van der Waals surface area (Å²) in [7, 11) is 0. The molecular weight excluding hydrogens is 250 g/mol. The minimum absolute atomic E-state index is 0. The summed E-state index contributed by atoms with van der Waals surface area (Å²) < 4.78 is 0. The van der Waals surface area contributed by atoms with Gasteiger partial charge in [0.15, 0.2) is 5.60 Å². The molecule has 0 fully saturated rings. The molecule has 0 aliphatic rings. The lowest BCUT2D eigenvalue weighted by Gasteiger charge is -2.18. The number of rotatable bonds is 5. The Bertz CT molecular complexity index is 305. The second-order valence-electron chi connectivity index (χ2n) is 3.09. The highest BCUT2D eigenvalue weighted by atomic mass is 16.4. The van der Waals surface area contributed by atoms with E-state index < -0.39 is 36.4 Å². The van der Waals surface area contributed by atoms with E-state index in [4.69, 9.17) is 20.4 Å². The van der Waals surface area contributed by atoms with Crippen molar-refractivity contribution < 1.29 is 39.6 Å². The summed E-state index contributed by atoms with van der Waals surface area (Å²) in [6.07, 6.45) is -2.29. The minimum atomic E-state index is -2.74. The van der Waals surface area contributed by atoms with Gasteiger partial charge in [-0.1, -0.05) is 7.43 Å². The van der Waals surface area contributed by atoms with Crippen LogP contribution in [0.2, 0.25) is 0 Å². The third-order valence-corrected chi connectivity index (χ3v) is 1.29. The van der Waals surface area contributed by atoms with Crippen LogP contribution in [0.3, 0.4) is 0 Å². The molecule has 6 N–H and O–H groups in total. The van der Waals surface area contributed by atoms with E-state index in [1.54, 1.807) is 0 Å². The number of aliphatic carboxylic acids is 3. The number of aliphatic hydroxyl groups is 1. The average Bonchev–Trinajstić information content (AvgIpc) is 1.98. The molecule has 1 amide bonds. The number of carbonyl (C=O) groups is 4. The molecule has 106 valence electrons. The second-order valence-corrected chi connectivity index (χ2v) is 3.09. The lowest BCUT2D eigenvalue weighted by Crippen LogP contribution is -2.42. The van der Waals surface area contributed by atoms with Gasteiger partial charge in [0.2, 0.25) is 5.91 Å². The number of carboxylic acids is 3. The average molecular weight is 267 g/mol. The van der Waals surface area contributed by atoms with Crippen molar-refractivity contribution in [1.82, 2.24) is 0 Å². The van der Waals surface area contributed by atoms with Gasteiger partial charge in [0.25, 0.3) is 0 Å². The summed E-state index contributed by atoms with van der Waals surface area (Å²) in [5.74, 6) is -5.35. The molecule has 9 heteroatoms. The van der Waals surface area contributed by atoms with Gasteiger partial charge >= 0.3 is 17.9 Å². The Balaban J connectivity index is -0.000000392. The van der Waals surface area contributed by atoms with Crippen molar-refractivity contribution in [2.75, 3.05) is 0 Å². The first-order chi connectivity index (χ1) is 7.51. The maximum atomic E-state index is 10.3. The zero-order valence-electron chi connectivity index (χ0n) is 8.91. The van der Waals surface area contributed by atoms with E-state index in [1.165, 1.54) is 6.92 Å². The van der Waals surface area contributed by atoms with E-state index in [0.717, 1.165) is 0 Å². The van der Waals surface area contributed by atoms with Crippen LogP contribution in [0.25, 0.3) is 0 Å². The van der Waals surface area contributed by atoms with Crippen LogP contribution in [-0.4, -0.2) is 49.8 Å². The summed E-state index contributed by atoms with van der Waals surface area (Å²) in [5, 5.41) is 33.8.